The molecule has 18 heavy (non-hydrogen) atoms. The first-order valence-corrected chi connectivity index (χ1v) is 6.50. The fraction of sp³-hybridized carbons (Fsp3) is 0.692. The van der Waals surface area contributed by atoms with E-state index < -0.39 is 5.97 Å². The summed E-state index contributed by atoms with van der Waals surface area (Å²) in [4.78, 5) is 26.4. The van der Waals surface area contributed by atoms with Crippen LogP contribution in [0.1, 0.15) is 25.7 Å². The molecule has 2 rings (SSSR count). The van der Waals surface area contributed by atoms with Crippen LogP contribution in [-0.2, 0) is 4.79 Å². The maximum absolute atomic E-state index is 12.4. The first-order valence-electron chi connectivity index (χ1n) is 6.50. The van der Waals surface area contributed by atoms with E-state index in [0.29, 0.717) is 19.0 Å². The Balaban J connectivity index is 1.98. The molecule has 0 atom stereocenters. The first-order chi connectivity index (χ1) is 8.61. The lowest BCUT2D eigenvalue weighted by Gasteiger charge is -2.29. The van der Waals surface area contributed by atoms with Crippen LogP contribution in [0.25, 0.3) is 0 Å². The number of urea groups is 1. The average molecular weight is 252 g/mol. The summed E-state index contributed by atoms with van der Waals surface area (Å²) in [6, 6.07) is 0.137. The van der Waals surface area contributed by atoms with Gasteiger partial charge in [0, 0.05) is 19.1 Å². The van der Waals surface area contributed by atoms with Gasteiger partial charge in [-0.25, -0.2) is 4.79 Å². The summed E-state index contributed by atoms with van der Waals surface area (Å²) in [5.41, 5.74) is 0. The van der Waals surface area contributed by atoms with Crippen LogP contribution in [0.2, 0.25) is 0 Å². The van der Waals surface area contributed by atoms with E-state index in [2.05, 4.69) is 6.58 Å². The van der Waals surface area contributed by atoms with Gasteiger partial charge in [-0.1, -0.05) is 6.08 Å². The maximum atomic E-state index is 12.4. The Morgan fingerprint density at radius 3 is 2.39 bits per heavy atom. The minimum Gasteiger partial charge on any atom is -0.480 e. The summed E-state index contributed by atoms with van der Waals surface area (Å²) in [7, 11) is 0. The summed E-state index contributed by atoms with van der Waals surface area (Å²) < 4.78 is 0. The predicted octanol–water partition coefficient (Wildman–Crippen LogP) is 1.55. The highest BCUT2D eigenvalue weighted by molar-refractivity contribution is 5.80. The van der Waals surface area contributed by atoms with Gasteiger partial charge in [0.25, 0.3) is 0 Å². The molecule has 0 saturated heterocycles. The molecule has 0 aromatic carbocycles. The molecule has 0 heterocycles. The van der Waals surface area contributed by atoms with Gasteiger partial charge in [0.05, 0.1) is 0 Å². The molecule has 5 heteroatoms. The van der Waals surface area contributed by atoms with Crippen LogP contribution in [0.4, 0.5) is 4.79 Å². The topological polar surface area (TPSA) is 60.9 Å². The monoisotopic (exact) mass is 252 g/mol. The highest BCUT2D eigenvalue weighted by Crippen LogP contribution is 2.31. The third-order valence-electron chi connectivity index (χ3n) is 3.33. The molecule has 2 aliphatic carbocycles. The van der Waals surface area contributed by atoms with Crippen LogP contribution in [0.5, 0.6) is 0 Å². The Morgan fingerprint density at radius 1 is 1.28 bits per heavy atom. The van der Waals surface area contributed by atoms with Gasteiger partial charge >= 0.3 is 12.0 Å². The van der Waals surface area contributed by atoms with Crippen molar-refractivity contribution in [2.24, 2.45) is 5.92 Å². The highest BCUT2D eigenvalue weighted by atomic mass is 16.4. The van der Waals surface area contributed by atoms with Crippen molar-refractivity contribution in [3.63, 3.8) is 0 Å². The first kappa shape index (κ1) is 12.9. The van der Waals surface area contributed by atoms with Crippen LogP contribution in [0, 0.1) is 5.92 Å². The van der Waals surface area contributed by atoms with Crippen molar-refractivity contribution in [3.8, 4) is 0 Å². The van der Waals surface area contributed by atoms with Crippen molar-refractivity contribution < 1.29 is 14.7 Å². The number of nitrogens with zero attached hydrogens (tertiary/aromatic N) is 2. The van der Waals surface area contributed by atoms with E-state index in [1.807, 2.05) is 0 Å². The van der Waals surface area contributed by atoms with E-state index in [-0.39, 0.29) is 18.6 Å². The van der Waals surface area contributed by atoms with Crippen molar-refractivity contribution in [2.45, 2.75) is 31.7 Å². The average Bonchev–Trinajstić information content (AvgIpc) is 3.15. The number of carboxylic acids is 1. The Labute approximate surface area is 107 Å². The molecule has 0 unspecified atom stereocenters. The lowest BCUT2D eigenvalue weighted by molar-refractivity contribution is -0.137. The molecule has 0 radical (unpaired) electrons. The van der Waals surface area contributed by atoms with Crippen molar-refractivity contribution in [1.82, 2.24) is 9.80 Å². The lowest BCUT2D eigenvalue weighted by atomic mass is 10.3. The van der Waals surface area contributed by atoms with Crippen molar-refractivity contribution in [1.29, 1.82) is 0 Å². The van der Waals surface area contributed by atoms with Crippen molar-refractivity contribution in [2.75, 3.05) is 19.6 Å². The number of carbonyl (C=O) groups excluding carboxylic acids is 1. The third-order valence-corrected chi connectivity index (χ3v) is 3.33. The summed E-state index contributed by atoms with van der Waals surface area (Å²) >= 11 is 0. The van der Waals surface area contributed by atoms with E-state index in [1.165, 1.54) is 4.90 Å². The van der Waals surface area contributed by atoms with Crippen molar-refractivity contribution >= 4 is 12.0 Å². The number of carboxylic acid groups (broad SMARTS) is 1. The van der Waals surface area contributed by atoms with E-state index in [4.69, 9.17) is 5.11 Å². The number of amides is 2. The lowest BCUT2D eigenvalue weighted by Crippen LogP contribution is -2.47. The van der Waals surface area contributed by atoms with Gasteiger partial charge in [0.15, 0.2) is 0 Å². The largest absolute Gasteiger partial charge is 0.480 e. The Hall–Kier alpha value is -1.52. The minimum absolute atomic E-state index is 0.147. The van der Waals surface area contributed by atoms with Gasteiger partial charge in [-0.05, 0) is 31.6 Å². The van der Waals surface area contributed by atoms with Gasteiger partial charge in [0.1, 0.15) is 6.54 Å². The number of aliphatic carboxylic acids is 1. The number of rotatable bonds is 7. The van der Waals surface area contributed by atoms with E-state index in [1.54, 1.807) is 11.0 Å². The molecule has 0 aromatic heterocycles. The van der Waals surface area contributed by atoms with Crippen LogP contribution in [0.15, 0.2) is 12.7 Å². The molecule has 2 fully saturated rings. The number of hydrogen-bond acceptors (Lipinski definition) is 2. The molecule has 2 saturated carbocycles. The normalized spacial score (nSPS) is 18.2. The van der Waals surface area contributed by atoms with Gasteiger partial charge < -0.3 is 14.9 Å². The standard InChI is InChI=1S/C13H20N2O3/c1-2-7-15(11-5-6-11)13(18)14(9-12(16)17)8-10-3-4-10/h2,10-11H,1,3-9H2,(H,16,17). The summed E-state index contributed by atoms with van der Waals surface area (Å²) in [6.45, 7) is 4.54. The Kier molecular flexibility index (Phi) is 3.89. The molecular formula is C13H20N2O3. The van der Waals surface area contributed by atoms with Crippen LogP contribution >= 0.6 is 0 Å². The molecule has 100 valence electrons. The summed E-state index contributed by atoms with van der Waals surface area (Å²) in [5, 5.41) is 8.90. The Morgan fingerprint density at radius 2 is 1.94 bits per heavy atom. The zero-order valence-electron chi connectivity index (χ0n) is 10.5. The fourth-order valence-electron chi connectivity index (χ4n) is 2.08. The van der Waals surface area contributed by atoms with Gasteiger partial charge in [-0.3, -0.25) is 4.79 Å². The molecule has 0 aromatic rings. The second-order valence-corrected chi connectivity index (χ2v) is 5.17. The molecular weight excluding hydrogens is 232 g/mol. The molecule has 0 spiro atoms. The second kappa shape index (κ2) is 5.42. The van der Waals surface area contributed by atoms with E-state index in [0.717, 1.165) is 25.7 Å². The van der Waals surface area contributed by atoms with Crippen LogP contribution < -0.4 is 0 Å². The zero-order chi connectivity index (χ0) is 13.1. The fourth-order valence-corrected chi connectivity index (χ4v) is 2.08. The van der Waals surface area contributed by atoms with E-state index in [9.17, 15) is 9.59 Å². The van der Waals surface area contributed by atoms with Gasteiger partial charge in [-0.2, -0.15) is 0 Å². The molecule has 0 aliphatic heterocycles. The summed E-state index contributed by atoms with van der Waals surface area (Å²) in [6.07, 6.45) is 5.95. The van der Waals surface area contributed by atoms with Crippen molar-refractivity contribution in [3.05, 3.63) is 12.7 Å². The van der Waals surface area contributed by atoms with Gasteiger partial charge in [0.2, 0.25) is 0 Å². The number of carbonyl (C=O) groups is 2. The molecule has 1 N–H and O–H groups in total. The van der Waals surface area contributed by atoms with Gasteiger partial charge in [-0.15, -0.1) is 6.58 Å². The Bertz CT molecular complexity index is 348. The molecule has 5 nitrogen and oxygen atoms in total. The summed E-state index contributed by atoms with van der Waals surface area (Å²) in [5.74, 6) is -0.448. The SMILES string of the molecule is C=CCN(C(=O)N(CC(=O)O)CC1CC1)C1CC1. The van der Waals surface area contributed by atoms with Crippen LogP contribution in [0.3, 0.4) is 0 Å². The number of hydrogen-bond donors (Lipinski definition) is 1. The zero-order valence-corrected chi connectivity index (χ0v) is 10.5. The molecule has 0 bridgehead atoms. The van der Waals surface area contributed by atoms with E-state index >= 15 is 0 Å². The maximum Gasteiger partial charge on any atom is 0.323 e. The molecule has 2 aliphatic rings. The quantitative estimate of drug-likeness (QED) is 0.699. The third kappa shape index (κ3) is 3.48. The predicted molar refractivity (Wildman–Crippen MR) is 67.3 cm³/mol. The van der Waals surface area contributed by atoms with Crippen LogP contribution in [-0.4, -0.2) is 52.6 Å². The smallest absolute Gasteiger partial charge is 0.323 e. The molecule has 2 amide bonds. The highest BCUT2D eigenvalue weighted by Gasteiger charge is 2.36. The second-order valence-electron chi connectivity index (χ2n) is 5.17. The minimum atomic E-state index is -0.946.